The van der Waals surface area contributed by atoms with Crippen molar-refractivity contribution in [1.29, 1.82) is 0 Å². The molecule has 1 aliphatic rings. The summed E-state index contributed by atoms with van der Waals surface area (Å²) >= 11 is 0. The third kappa shape index (κ3) is 2.84. The van der Waals surface area contributed by atoms with E-state index in [4.69, 9.17) is 0 Å². The van der Waals surface area contributed by atoms with Crippen LogP contribution in [0.4, 0.5) is 5.69 Å². The highest BCUT2D eigenvalue weighted by Gasteiger charge is 2.20. The highest BCUT2D eigenvalue weighted by molar-refractivity contribution is 6.03. The minimum atomic E-state index is -0.210. The van der Waals surface area contributed by atoms with Crippen LogP contribution in [0.2, 0.25) is 0 Å². The molecule has 0 spiro atoms. The zero-order valence-electron chi connectivity index (χ0n) is 16.6. The molecule has 2 heterocycles. The first-order valence-electron chi connectivity index (χ1n) is 9.60. The van der Waals surface area contributed by atoms with E-state index in [0.29, 0.717) is 5.69 Å². The van der Waals surface area contributed by atoms with Gasteiger partial charge in [-0.05, 0) is 60.7 Å². The van der Waals surface area contributed by atoms with Crippen LogP contribution >= 0.6 is 0 Å². The number of hydrogen-bond donors (Lipinski definition) is 2. The maximum atomic E-state index is 12.7. The summed E-state index contributed by atoms with van der Waals surface area (Å²) in [6.07, 6.45) is 0.892. The Morgan fingerprint density at radius 2 is 1.86 bits per heavy atom. The highest BCUT2D eigenvalue weighted by Crippen LogP contribution is 2.37. The average Bonchev–Trinajstić information content (AvgIpc) is 3.38. The van der Waals surface area contributed by atoms with Crippen molar-refractivity contribution in [2.24, 2.45) is 7.05 Å². The second-order valence-electron chi connectivity index (χ2n) is 7.50. The Morgan fingerprint density at radius 1 is 1.07 bits per heavy atom. The molecule has 0 saturated heterocycles. The van der Waals surface area contributed by atoms with Gasteiger partial charge in [-0.25, -0.2) is 0 Å². The van der Waals surface area contributed by atoms with Crippen molar-refractivity contribution in [3.8, 4) is 22.4 Å². The summed E-state index contributed by atoms with van der Waals surface area (Å²) < 4.78 is 1.82. The van der Waals surface area contributed by atoms with Crippen molar-refractivity contribution in [1.82, 2.24) is 20.0 Å². The number of hydrogen-bond acceptors (Lipinski definition) is 3. The van der Waals surface area contributed by atoms with Crippen molar-refractivity contribution in [3.63, 3.8) is 0 Å². The van der Waals surface area contributed by atoms with Crippen LogP contribution < -0.4 is 5.32 Å². The van der Waals surface area contributed by atoms with Gasteiger partial charge in [0.1, 0.15) is 5.69 Å². The zero-order chi connectivity index (χ0) is 20.1. The van der Waals surface area contributed by atoms with Gasteiger partial charge in [0, 0.05) is 24.0 Å². The van der Waals surface area contributed by atoms with E-state index >= 15 is 0 Å². The molecule has 6 nitrogen and oxygen atoms in total. The molecule has 5 rings (SSSR count). The molecule has 2 aromatic heterocycles. The second kappa shape index (κ2) is 6.44. The maximum absolute atomic E-state index is 12.7. The first-order valence-corrected chi connectivity index (χ1v) is 9.60. The van der Waals surface area contributed by atoms with Gasteiger partial charge in [0.15, 0.2) is 0 Å². The number of carbonyl (C=O) groups is 1. The number of aromatic nitrogens is 4. The van der Waals surface area contributed by atoms with E-state index < -0.39 is 0 Å². The zero-order valence-corrected chi connectivity index (χ0v) is 16.6. The van der Waals surface area contributed by atoms with Crippen molar-refractivity contribution in [2.45, 2.75) is 20.3 Å². The van der Waals surface area contributed by atoms with Gasteiger partial charge in [-0.15, -0.1) is 0 Å². The lowest BCUT2D eigenvalue weighted by Gasteiger charge is -2.06. The van der Waals surface area contributed by atoms with Crippen LogP contribution in [0.3, 0.4) is 0 Å². The Bertz CT molecular complexity index is 1260. The Labute approximate surface area is 168 Å². The number of nitrogens with one attached hydrogen (secondary N) is 2. The molecule has 29 heavy (non-hydrogen) atoms. The topological polar surface area (TPSA) is 75.6 Å². The molecule has 2 N–H and O–H groups in total. The molecule has 6 heteroatoms. The number of aromatic amines is 1. The molecule has 0 fully saturated rings. The summed E-state index contributed by atoms with van der Waals surface area (Å²) in [6.45, 7) is 3.94. The number of anilines is 1. The molecule has 0 saturated carbocycles. The molecule has 1 amide bonds. The monoisotopic (exact) mass is 383 g/mol. The van der Waals surface area contributed by atoms with E-state index in [1.165, 1.54) is 22.3 Å². The van der Waals surface area contributed by atoms with E-state index in [9.17, 15) is 4.79 Å². The van der Waals surface area contributed by atoms with Gasteiger partial charge in [0.25, 0.3) is 5.91 Å². The predicted molar refractivity (Wildman–Crippen MR) is 113 cm³/mol. The molecule has 0 unspecified atom stereocenters. The van der Waals surface area contributed by atoms with Crippen LogP contribution in [0.5, 0.6) is 0 Å². The van der Waals surface area contributed by atoms with Crippen LogP contribution in [0.1, 0.15) is 33.0 Å². The van der Waals surface area contributed by atoms with Crippen molar-refractivity contribution in [3.05, 3.63) is 76.7 Å². The lowest BCUT2D eigenvalue weighted by atomic mass is 10.1. The number of amides is 1. The van der Waals surface area contributed by atoms with Gasteiger partial charge in [-0.2, -0.15) is 10.2 Å². The number of rotatable bonds is 3. The minimum Gasteiger partial charge on any atom is -0.321 e. The summed E-state index contributed by atoms with van der Waals surface area (Å²) in [5.41, 5.74) is 9.87. The fraction of sp³-hybridized carbons (Fsp3) is 0.174. The lowest BCUT2D eigenvalue weighted by molar-refractivity contribution is 0.102. The molecule has 1 aliphatic carbocycles. The van der Waals surface area contributed by atoms with E-state index in [-0.39, 0.29) is 5.91 Å². The Morgan fingerprint density at radius 3 is 2.66 bits per heavy atom. The van der Waals surface area contributed by atoms with Crippen LogP contribution in [0.25, 0.3) is 22.4 Å². The number of aryl methyl sites for hydroxylation is 2. The van der Waals surface area contributed by atoms with Crippen LogP contribution in [0.15, 0.2) is 48.5 Å². The molecule has 4 aromatic rings. The standard InChI is InChI=1S/C23H21N5O/c1-13-22(14(2)28(3)27-13)20-12-21(26-25-20)23(29)24-17-8-9-19-16(11-17)10-15-6-4-5-7-18(15)19/h4-9,11-12H,10H2,1-3H3,(H,24,29)(H,25,26). The minimum absolute atomic E-state index is 0.210. The fourth-order valence-corrected chi connectivity index (χ4v) is 4.13. The van der Waals surface area contributed by atoms with Crippen molar-refractivity contribution >= 4 is 11.6 Å². The average molecular weight is 383 g/mol. The predicted octanol–water partition coefficient (Wildman–Crippen LogP) is 4.25. The Hall–Kier alpha value is -3.67. The Kier molecular flexibility index (Phi) is 3.87. The molecule has 0 radical (unpaired) electrons. The number of H-pyrrole nitrogens is 1. The van der Waals surface area contributed by atoms with Crippen molar-refractivity contribution < 1.29 is 4.79 Å². The molecule has 2 aromatic carbocycles. The third-order valence-electron chi connectivity index (χ3n) is 5.64. The lowest BCUT2D eigenvalue weighted by Crippen LogP contribution is -2.12. The largest absolute Gasteiger partial charge is 0.321 e. The van der Waals surface area contributed by atoms with E-state index in [1.54, 1.807) is 6.07 Å². The van der Waals surface area contributed by atoms with Crippen LogP contribution in [-0.2, 0) is 13.5 Å². The van der Waals surface area contributed by atoms with Gasteiger partial charge < -0.3 is 5.32 Å². The maximum Gasteiger partial charge on any atom is 0.273 e. The first kappa shape index (κ1) is 17.4. The Balaban J connectivity index is 1.38. The number of carbonyl (C=O) groups excluding carboxylic acids is 1. The molecule has 144 valence electrons. The van der Waals surface area contributed by atoms with Gasteiger partial charge in [-0.1, -0.05) is 30.3 Å². The second-order valence-corrected chi connectivity index (χ2v) is 7.50. The van der Waals surface area contributed by atoms with Gasteiger partial charge in [-0.3, -0.25) is 14.6 Å². The van der Waals surface area contributed by atoms with Crippen molar-refractivity contribution in [2.75, 3.05) is 5.32 Å². The van der Waals surface area contributed by atoms with Gasteiger partial charge in [0.05, 0.1) is 11.4 Å². The molecule has 0 bridgehead atoms. The third-order valence-corrected chi connectivity index (χ3v) is 5.64. The molecule has 0 atom stereocenters. The number of fused-ring (bicyclic) bond motifs is 3. The van der Waals surface area contributed by atoms with E-state index in [2.05, 4.69) is 57.0 Å². The van der Waals surface area contributed by atoms with E-state index in [1.807, 2.05) is 31.6 Å². The first-order chi connectivity index (χ1) is 14.0. The van der Waals surface area contributed by atoms with Crippen LogP contribution in [0, 0.1) is 13.8 Å². The summed E-state index contributed by atoms with van der Waals surface area (Å²) in [5, 5.41) is 14.6. The molecule has 0 aliphatic heterocycles. The smallest absolute Gasteiger partial charge is 0.273 e. The SMILES string of the molecule is Cc1nn(C)c(C)c1-c1cc(C(=O)Nc2ccc3c(c2)Cc2ccccc2-3)[nH]n1. The summed E-state index contributed by atoms with van der Waals surface area (Å²) in [7, 11) is 1.90. The van der Waals surface area contributed by atoms with Gasteiger partial charge >= 0.3 is 0 Å². The number of nitrogens with zero attached hydrogens (tertiary/aromatic N) is 3. The van der Waals surface area contributed by atoms with Gasteiger partial charge in [0.2, 0.25) is 0 Å². The fourth-order valence-electron chi connectivity index (χ4n) is 4.13. The van der Waals surface area contributed by atoms with E-state index in [0.717, 1.165) is 34.8 Å². The highest BCUT2D eigenvalue weighted by atomic mass is 16.1. The number of benzene rings is 2. The summed E-state index contributed by atoms with van der Waals surface area (Å²) in [6, 6.07) is 16.3. The normalized spacial score (nSPS) is 12.0. The summed E-state index contributed by atoms with van der Waals surface area (Å²) in [4.78, 5) is 12.7. The molecular weight excluding hydrogens is 362 g/mol. The molecular formula is C23H21N5O. The summed E-state index contributed by atoms with van der Waals surface area (Å²) in [5.74, 6) is -0.210. The van der Waals surface area contributed by atoms with Crippen LogP contribution in [-0.4, -0.2) is 25.9 Å². The quantitative estimate of drug-likeness (QED) is 0.489.